The molecule has 4 heterocycles. The van der Waals surface area contributed by atoms with Crippen molar-refractivity contribution in [1.82, 2.24) is 0 Å². The second kappa shape index (κ2) is 15.6. The molecule has 2 fully saturated rings. The fraction of sp³-hybridized carbons (Fsp3) is 0.467. The van der Waals surface area contributed by atoms with Gasteiger partial charge in [-0.25, -0.2) is 0 Å². The number of rotatable bonds is 9. The summed E-state index contributed by atoms with van der Waals surface area (Å²) < 4.78 is 61.8. The molecule has 0 unspecified atom stereocenters. The normalized spacial score (nSPS) is 21.6. The summed E-state index contributed by atoms with van der Waals surface area (Å²) in [6, 6.07) is 25.9. The van der Waals surface area contributed by atoms with E-state index in [2.05, 4.69) is 151 Å². The van der Waals surface area contributed by atoms with E-state index < -0.39 is 85.3 Å². The highest BCUT2D eigenvalue weighted by atomic mass is 31.1. The maximum Gasteiger partial charge on any atom is 0.387 e. The van der Waals surface area contributed by atoms with Crippen molar-refractivity contribution in [3.05, 3.63) is 72.8 Å². The highest BCUT2D eigenvalue weighted by Crippen LogP contribution is 2.45. The third-order valence-electron chi connectivity index (χ3n) is 11.5. The van der Waals surface area contributed by atoms with E-state index in [9.17, 15) is 0 Å². The summed E-state index contributed by atoms with van der Waals surface area (Å²) in [5, 5.41) is 8.97. The Labute approximate surface area is 360 Å². The van der Waals surface area contributed by atoms with Gasteiger partial charge in [0.25, 0.3) is 0 Å². The Hall–Kier alpha value is -2.65. The molecule has 15 heteroatoms. The Morgan fingerprint density at radius 1 is 0.517 bits per heavy atom. The average molecular weight is 921 g/mol. The number of hydrogen-bond donors (Lipinski definition) is 0. The van der Waals surface area contributed by atoms with Crippen molar-refractivity contribution in [2.45, 2.75) is 136 Å². The van der Waals surface area contributed by atoms with Crippen LogP contribution in [0.2, 0.25) is 78.6 Å². The van der Waals surface area contributed by atoms with Crippen molar-refractivity contribution in [3.8, 4) is 0 Å². The summed E-state index contributed by atoms with van der Waals surface area (Å²) in [7, 11) is -11.5. The van der Waals surface area contributed by atoms with Gasteiger partial charge in [-0.15, -0.1) is 0 Å². The monoisotopic (exact) mass is 920 g/mol. The van der Waals surface area contributed by atoms with Gasteiger partial charge < -0.3 is 31.0 Å². The van der Waals surface area contributed by atoms with Crippen LogP contribution in [0.25, 0.3) is 43.9 Å². The molecule has 2 aliphatic heterocycles. The van der Waals surface area contributed by atoms with Crippen LogP contribution in [0.15, 0.2) is 89.6 Å². The molecule has 4 aromatic carbocycles. The number of fused-ring (bicyclic) bond motifs is 7. The van der Waals surface area contributed by atoms with Gasteiger partial charge in [0.2, 0.25) is 0 Å². The number of hydrogen-bond acceptors (Lipinski definition) is 9. The van der Waals surface area contributed by atoms with Crippen molar-refractivity contribution < 1.29 is 40.0 Å². The minimum Gasteiger partial charge on any atom is -0.399 e. The third-order valence-corrected chi connectivity index (χ3v) is 21.8. The van der Waals surface area contributed by atoms with E-state index in [1.165, 1.54) is 20.7 Å². The summed E-state index contributed by atoms with van der Waals surface area (Å²) in [4.78, 5) is 0. The zero-order chi connectivity index (χ0) is 43.3. The summed E-state index contributed by atoms with van der Waals surface area (Å²) in [5.41, 5.74) is 3.33. The van der Waals surface area contributed by atoms with Crippen LogP contribution >= 0.6 is 16.5 Å². The average Bonchev–Trinajstić information content (AvgIpc) is 3.47. The molecule has 0 spiro atoms. The van der Waals surface area contributed by atoms with Crippen molar-refractivity contribution >= 4 is 113 Å². The SMILES string of the molecule is C[C@@H](Op1oc2c([Si](C)(C)C)cccc2c2cccc([Si](C)(C)C)c2o1)[C@H]1O[C@@H]2OC(C)(C)O[C@@H]2[C@H]1Op1oc2c([Si](C)(C)C)cccc2c2cccc([Si](C)(C)C)c2o1. The zero-order valence-electron chi connectivity index (χ0n) is 37.9. The first kappa shape index (κ1) is 44.0. The Kier molecular flexibility index (Phi) is 11.4. The molecule has 60 heavy (non-hydrogen) atoms. The van der Waals surface area contributed by atoms with Crippen molar-refractivity contribution in [3.63, 3.8) is 0 Å². The highest BCUT2D eigenvalue weighted by Gasteiger charge is 2.58. The Morgan fingerprint density at radius 3 is 1.22 bits per heavy atom. The highest BCUT2D eigenvalue weighted by molar-refractivity contribution is 7.32. The first-order valence-corrected chi connectivity index (χ1v) is 37.3. The lowest BCUT2D eigenvalue weighted by atomic mass is 10.1. The quantitative estimate of drug-likeness (QED) is 0.131. The van der Waals surface area contributed by atoms with Crippen molar-refractivity contribution in [1.29, 1.82) is 0 Å². The van der Waals surface area contributed by atoms with Crippen LogP contribution in [0, 0.1) is 0 Å². The lowest BCUT2D eigenvalue weighted by molar-refractivity contribution is -0.218. The van der Waals surface area contributed by atoms with E-state index in [0.29, 0.717) is 0 Å². The fourth-order valence-corrected chi connectivity index (χ4v) is 17.1. The topological polar surface area (TPSA) is 98.7 Å². The van der Waals surface area contributed by atoms with Crippen LogP contribution in [-0.4, -0.2) is 68.8 Å². The van der Waals surface area contributed by atoms with Crippen LogP contribution in [-0.2, 0) is 14.2 Å². The fourth-order valence-electron chi connectivity index (χ4n) is 8.47. The van der Waals surface area contributed by atoms with Gasteiger partial charge in [-0.2, -0.15) is 0 Å². The summed E-state index contributed by atoms with van der Waals surface area (Å²) in [6.07, 6.45) is -3.18. The minimum absolute atomic E-state index is 0.574. The third kappa shape index (κ3) is 8.42. The van der Waals surface area contributed by atoms with Crippen molar-refractivity contribution in [2.75, 3.05) is 0 Å². The molecule has 6 aromatic rings. The van der Waals surface area contributed by atoms with E-state index in [0.717, 1.165) is 43.9 Å². The van der Waals surface area contributed by atoms with Crippen LogP contribution in [0.3, 0.4) is 0 Å². The summed E-state index contributed by atoms with van der Waals surface area (Å²) >= 11 is 0. The van der Waals surface area contributed by atoms with Crippen LogP contribution in [0.1, 0.15) is 20.8 Å². The number of benzene rings is 4. The van der Waals surface area contributed by atoms with Gasteiger partial charge >= 0.3 is 16.5 Å². The van der Waals surface area contributed by atoms with E-state index >= 15 is 0 Å². The molecule has 9 nitrogen and oxygen atoms in total. The molecule has 0 bridgehead atoms. The molecule has 0 N–H and O–H groups in total. The van der Waals surface area contributed by atoms with Crippen LogP contribution < -0.4 is 29.8 Å². The van der Waals surface area contributed by atoms with Gasteiger partial charge in [-0.1, -0.05) is 151 Å². The Bertz CT molecular complexity index is 2530. The first-order valence-electron chi connectivity index (χ1n) is 21.1. The summed E-state index contributed by atoms with van der Waals surface area (Å²) in [5.74, 6) is -0.884. The minimum atomic E-state index is -2.02. The van der Waals surface area contributed by atoms with Crippen LogP contribution in [0.4, 0.5) is 0 Å². The van der Waals surface area contributed by atoms with Gasteiger partial charge in [0.15, 0.2) is 12.1 Å². The molecule has 2 saturated heterocycles. The zero-order valence-corrected chi connectivity index (χ0v) is 43.7. The molecule has 0 amide bonds. The van der Waals surface area contributed by atoms with Gasteiger partial charge in [-0.05, 0) is 41.5 Å². The second-order valence-corrected chi connectivity index (χ2v) is 43.2. The van der Waals surface area contributed by atoms with Gasteiger partial charge in [-0.3, -0.25) is 9.05 Å². The molecule has 2 aromatic heterocycles. The molecular weight excluding hydrogens is 859 g/mol. The predicted molar refractivity (Wildman–Crippen MR) is 260 cm³/mol. The predicted octanol–water partition coefficient (Wildman–Crippen LogP) is 11.3. The molecule has 0 radical (unpaired) electrons. The molecule has 2 aliphatic rings. The number of ether oxygens (including phenoxy) is 3. The largest absolute Gasteiger partial charge is 0.399 e. The molecule has 0 saturated carbocycles. The lowest BCUT2D eigenvalue weighted by Gasteiger charge is -2.27. The van der Waals surface area contributed by atoms with Gasteiger partial charge in [0.05, 0.1) is 38.4 Å². The van der Waals surface area contributed by atoms with Crippen LogP contribution in [0.5, 0.6) is 0 Å². The standard InChI is InChI=1S/C45H62O9P2Si4/c1-28(49-55-50-38-29(20-16-24-33(38)57(4,5)6)30-21-17-25-34(39(30)51-55)58(7,8)9)37-42(43-44(46-37)48-45(2,3)47-43)54-56-52-40-31(22-18-26-35(40)59(10,11)12)32-23-19-27-36(41(32)53-56)60(13,14)15/h16-28,37,42-44H,1-15H3/t28-,37-,42+,43-,44-/m1/s1. The molecular formula is C45H62O9P2Si4. The Morgan fingerprint density at radius 2 is 0.867 bits per heavy atom. The van der Waals surface area contributed by atoms with E-state index in [-0.39, 0.29) is 0 Å². The smallest absolute Gasteiger partial charge is 0.387 e. The molecule has 322 valence electrons. The first-order chi connectivity index (χ1) is 27.9. The van der Waals surface area contributed by atoms with E-state index in [1.54, 1.807) is 0 Å². The maximum atomic E-state index is 7.15. The van der Waals surface area contributed by atoms with Crippen molar-refractivity contribution in [2.24, 2.45) is 0 Å². The Balaban J connectivity index is 1.29. The lowest BCUT2D eigenvalue weighted by Crippen LogP contribution is -2.44. The second-order valence-electron chi connectivity index (χ2n) is 21.0. The molecule has 5 atom stereocenters. The number of para-hydroxylation sites is 4. The molecule has 8 rings (SSSR count). The maximum absolute atomic E-state index is 7.15. The molecule has 0 aliphatic carbocycles. The van der Waals surface area contributed by atoms with Gasteiger partial charge in [0, 0.05) is 21.5 Å². The van der Waals surface area contributed by atoms with E-state index in [4.69, 9.17) is 40.0 Å². The summed E-state index contributed by atoms with van der Waals surface area (Å²) in [6.45, 7) is 33.9. The van der Waals surface area contributed by atoms with Gasteiger partial charge in [0.1, 0.15) is 40.6 Å². The van der Waals surface area contributed by atoms with E-state index in [1.807, 2.05) is 20.8 Å².